The molecule has 0 unspecified atom stereocenters. The molecule has 0 bridgehead atoms. The molecule has 0 fully saturated rings. The van der Waals surface area contributed by atoms with Crippen molar-refractivity contribution in [3.8, 4) is 12.1 Å². The third-order valence-corrected chi connectivity index (χ3v) is 2.51. The molecule has 0 heterocycles. The highest BCUT2D eigenvalue weighted by Crippen LogP contribution is 2.23. The molecule has 0 aliphatic heterocycles. The monoisotopic (exact) mass is 264 g/mol. The first-order valence-electron chi connectivity index (χ1n) is 4.06. The average molecular weight is 265 g/mol. The van der Waals surface area contributed by atoms with Gasteiger partial charge < -0.3 is 0 Å². The van der Waals surface area contributed by atoms with Gasteiger partial charge >= 0.3 is 0 Å². The molecule has 74 valence electrons. The number of allylic oxidation sites excluding steroid dienone is 1. The van der Waals surface area contributed by atoms with E-state index in [1.54, 1.807) is 25.1 Å². The van der Waals surface area contributed by atoms with Crippen LogP contribution in [0.2, 0.25) is 0 Å². The van der Waals surface area contributed by atoms with E-state index in [0.29, 0.717) is 15.6 Å². The standard InChI is InChI=1S/C11H6BrFN2/c1-7-2-9(3-8(5-14)6-15)10(12)4-11(7)13/h2-4H,1H3. The SMILES string of the molecule is Cc1cc(C=C(C#N)C#N)c(Br)cc1F. The highest BCUT2D eigenvalue weighted by molar-refractivity contribution is 9.10. The lowest BCUT2D eigenvalue weighted by atomic mass is 10.1. The van der Waals surface area contributed by atoms with Crippen molar-refractivity contribution in [2.24, 2.45) is 0 Å². The van der Waals surface area contributed by atoms with Crippen LogP contribution in [0.4, 0.5) is 4.39 Å². The molecule has 15 heavy (non-hydrogen) atoms. The van der Waals surface area contributed by atoms with Gasteiger partial charge in [0.15, 0.2) is 0 Å². The number of nitrogens with zero attached hydrogens (tertiary/aromatic N) is 2. The van der Waals surface area contributed by atoms with Crippen LogP contribution in [0.5, 0.6) is 0 Å². The summed E-state index contributed by atoms with van der Waals surface area (Å²) >= 11 is 3.16. The number of hydrogen-bond acceptors (Lipinski definition) is 2. The molecule has 2 nitrogen and oxygen atoms in total. The second-order valence-corrected chi connectivity index (χ2v) is 3.76. The summed E-state index contributed by atoms with van der Waals surface area (Å²) in [6.07, 6.45) is 1.41. The zero-order chi connectivity index (χ0) is 11.4. The van der Waals surface area contributed by atoms with Crippen LogP contribution in [0, 0.1) is 35.4 Å². The lowest BCUT2D eigenvalue weighted by Gasteiger charge is -2.01. The number of hydrogen-bond donors (Lipinski definition) is 0. The smallest absolute Gasteiger partial charge is 0.130 e. The molecule has 4 heteroatoms. The second kappa shape index (κ2) is 4.72. The first-order valence-corrected chi connectivity index (χ1v) is 4.85. The Hall–Kier alpha value is -1.65. The maximum atomic E-state index is 13.1. The number of nitriles is 2. The Morgan fingerprint density at radius 2 is 2.00 bits per heavy atom. The molecule has 1 aromatic carbocycles. The minimum atomic E-state index is -0.325. The topological polar surface area (TPSA) is 47.6 Å². The van der Waals surface area contributed by atoms with Crippen molar-refractivity contribution < 1.29 is 4.39 Å². The lowest BCUT2D eigenvalue weighted by molar-refractivity contribution is 0.617. The van der Waals surface area contributed by atoms with Gasteiger partial charge in [0, 0.05) is 4.47 Å². The van der Waals surface area contributed by atoms with Crippen LogP contribution in [-0.4, -0.2) is 0 Å². The quantitative estimate of drug-likeness (QED) is 0.731. The summed E-state index contributed by atoms with van der Waals surface area (Å²) in [5.41, 5.74) is 1.08. The Labute approximate surface area is 95.4 Å². The number of aryl methyl sites for hydroxylation is 1. The van der Waals surface area contributed by atoms with Gasteiger partial charge in [-0.05, 0) is 36.3 Å². The van der Waals surface area contributed by atoms with Crippen LogP contribution >= 0.6 is 15.9 Å². The average Bonchev–Trinajstić information content (AvgIpc) is 2.21. The zero-order valence-corrected chi connectivity index (χ0v) is 9.47. The van der Waals surface area contributed by atoms with Crippen LogP contribution in [0.15, 0.2) is 22.2 Å². The van der Waals surface area contributed by atoms with Crippen LogP contribution in [0.1, 0.15) is 11.1 Å². The van der Waals surface area contributed by atoms with E-state index in [4.69, 9.17) is 10.5 Å². The van der Waals surface area contributed by atoms with Gasteiger partial charge in [-0.1, -0.05) is 15.9 Å². The van der Waals surface area contributed by atoms with E-state index in [0.717, 1.165) is 0 Å². The molecule has 0 spiro atoms. The van der Waals surface area contributed by atoms with Crippen molar-refractivity contribution in [1.29, 1.82) is 10.5 Å². The molecule has 0 aromatic heterocycles. The molecule has 0 radical (unpaired) electrons. The van der Waals surface area contributed by atoms with Gasteiger partial charge in [0.05, 0.1) is 0 Å². The summed E-state index contributed by atoms with van der Waals surface area (Å²) in [5, 5.41) is 17.1. The van der Waals surface area contributed by atoms with Gasteiger partial charge in [0.1, 0.15) is 23.5 Å². The van der Waals surface area contributed by atoms with Crippen molar-refractivity contribution in [2.75, 3.05) is 0 Å². The minimum Gasteiger partial charge on any atom is -0.207 e. The molecule has 1 aromatic rings. The third kappa shape index (κ3) is 2.65. The molecule has 1 rings (SSSR count). The largest absolute Gasteiger partial charge is 0.207 e. The number of benzene rings is 1. The maximum Gasteiger partial charge on any atom is 0.130 e. The van der Waals surface area contributed by atoms with E-state index < -0.39 is 0 Å². The van der Waals surface area contributed by atoms with Gasteiger partial charge in [-0.2, -0.15) is 10.5 Å². The second-order valence-electron chi connectivity index (χ2n) is 2.90. The fraction of sp³-hybridized carbons (Fsp3) is 0.0909. The van der Waals surface area contributed by atoms with Gasteiger partial charge in [0.25, 0.3) is 0 Å². The predicted molar refractivity (Wildman–Crippen MR) is 58.0 cm³/mol. The molecule has 0 aliphatic rings. The van der Waals surface area contributed by atoms with E-state index in [1.165, 1.54) is 12.1 Å². The summed E-state index contributed by atoms with van der Waals surface area (Å²) in [6.45, 7) is 1.62. The Bertz CT molecular complexity index is 491. The summed E-state index contributed by atoms with van der Waals surface area (Å²) < 4.78 is 13.6. The van der Waals surface area contributed by atoms with E-state index in [2.05, 4.69) is 15.9 Å². The fourth-order valence-electron chi connectivity index (χ4n) is 1.04. The van der Waals surface area contributed by atoms with Crippen molar-refractivity contribution in [3.05, 3.63) is 39.1 Å². The van der Waals surface area contributed by atoms with Crippen LogP contribution in [0.3, 0.4) is 0 Å². The normalized spacial score (nSPS) is 8.87. The fourth-order valence-corrected chi connectivity index (χ4v) is 1.47. The third-order valence-electron chi connectivity index (χ3n) is 1.82. The molecule has 0 atom stereocenters. The Balaban J connectivity index is 3.30. The van der Waals surface area contributed by atoms with Gasteiger partial charge in [-0.25, -0.2) is 4.39 Å². The Morgan fingerprint density at radius 3 is 2.53 bits per heavy atom. The molecule has 0 aliphatic carbocycles. The number of rotatable bonds is 1. The van der Waals surface area contributed by atoms with Gasteiger partial charge in [-0.15, -0.1) is 0 Å². The maximum absolute atomic E-state index is 13.1. The van der Waals surface area contributed by atoms with Crippen molar-refractivity contribution in [1.82, 2.24) is 0 Å². The molecule has 0 saturated carbocycles. The number of halogens is 2. The molecular formula is C11H6BrFN2. The first kappa shape index (κ1) is 11.4. The van der Waals surface area contributed by atoms with Crippen molar-refractivity contribution >= 4 is 22.0 Å². The van der Waals surface area contributed by atoms with Crippen molar-refractivity contribution in [3.63, 3.8) is 0 Å². The van der Waals surface area contributed by atoms with Gasteiger partial charge in [-0.3, -0.25) is 0 Å². The molecule has 0 saturated heterocycles. The molecule has 0 amide bonds. The lowest BCUT2D eigenvalue weighted by Crippen LogP contribution is -1.86. The highest BCUT2D eigenvalue weighted by atomic mass is 79.9. The summed E-state index contributed by atoms with van der Waals surface area (Å²) in [6, 6.07) is 6.38. The first-order chi connectivity index (χ1) is 7.08. The minimum absolute atomic E-state index is 0.0123. The zero-order valence-electron chi connectivity index (χ0n) is 7.88. The Kier molecular flexibility index (Phi) is 3.60. The van der Waals surface area contributed by atoms with E-state index >= 15 is 0 Å². The predicted octanol–water partition coefficient (Wildman–Crippen LogP) is 3.33. The van der Waals surface area contributed by atoms with Crippen LogP contribution < -0.4 is 0 Å². The van der Waals surface area contributed by atoms with Gasteiger partial charge in [0.2, 0.25) is 0 Å². The van der Waals surface area contributed by atoms with Crippen molar-refractivity contribution in [2.45, 2.75) is 6.92 Å². The summed E-state index contributed by atoms with van der Waals surface area (Å²) in [4.78, 5) is 0. The highest BCUT2D eigenvalue weighted by Gasteiger charge is 2.04. The van der Waals surface area contributed by atoms with E-state index in [1.807, 2.05) is 0 Å². The summed E-state index contributed by atoms with van der Waals surface area (Å²) in [7, 11) is 0. The van der Waals surface area contributed by atoms with E-state index in [-0.39, 0.29) is 11.4 Å². The van der Waals surface area contributed by atoms with E-state index in [9.17, 15) is 4.39 Å². The van der Waals surface area contributed by atoms with Crippen LogP contribution in [-0.2, 0) is 0 Å². The van der Waals surface area contributed by atoms with Crippen LogP contribution in [0.25, 0.3) is 6.08 Å². The summed E-state index contributed by atoms with van der Waals surface area (Å²) in [5.74, 6) is -0.325. The molecule has 0 N–H and O–H groups in total. The Morgan fingerprint density at radius 1 is 1.40 bits per heavy atom. The molecular weight excluding hydrogens is 259 g/mol.